The van der Waals surface area contributed by atoms with Gasteiger partial charge in [0.25, 0.3) is 0 Å². The lowest BCUT2D eigenvalue weighted by Crippen LogP contribution is -2.29. The third-order valence-electron chi connectivity index (χ3n) is 7.99. The Morgan fingerprint density at radius 3 is 1.75 bits per heavy atom. The number of phosphoric acid groups is 1. The number of carbonyl (C=O) groups is 3. The molecule has 0 rings (SSSR count). The Kier molecular flexibility index (Phi) is 34.0. The van der Waals surface area contributed by atoms with Crippen LogP contribution in [0.3, 0.4) is 0 Å². The largest absolute Gasteiger partial charge is 0.469 e. The Labute approximate surface area is 309 Å². The van der Waals surface area contributed by atoms with Gasteiger partial charge in [0.15, 0.2) is 11.9 Å². The van der Waals surface area contributed by atoms with Crippen LogP contribution in [0.1, 0.15) is 162 Å². The fraction of sp³-hybridized carbons (Fsp3) is 0.683. The topological polar surface area (TPSA) is 136 Å². The standard InChI is InChI=1S/C41H69O9P/c1-3-5-7-9-11-12-13-14-15-16-17-18-19-20-22-26-31-35-41(44)50-39(37-49-51(45,46)47)36-48-40(43)34-30-27-23-25-29-33-38(42)32-28-24-21-10-8-6-4-2/h14-15,17-18,20-22,24,28,32,39H,3-13,16,19,23,25-27,29-31,33-37H2,1-2H3,(H2,45,46,47)/b15-14-,18-17-,22-20-,24-21-,32-28+/t39-/m1/s1. The van der Waals surface area contributed by atoms with Crippen molar-refractivity contribution in [3.05, 3.63) is 60.8 Å². The lowest BCUT2D eigenvalue weighted by atomic mass is 10.1. The van der Waals surface area contributed by atoms with E-state index in [0.717, 1.165) is 51.4 Å². The Morgan fingerprint density at radius 2 is 1.08 bits per heavy atom. The molecule has 0 aliphatic carbocycles. The van der Waals surface area contributed by atoms with E-state index in [-0.39, 0.29) is 25.2 Å². The van der Waals surface area contributed by atoms with Crippen molar-refractivity contribution in [1.29, 1.82) is 0 Å². The van der Waals surface area contributed by atoms with E-state index in [1.165, 1.54) is 57.8 Å². The molecule has 0 radical (unpaired) electrons. The van der Waals surface area contributed by atoms with Crippen molar-refractivity contribution in [3.63, 3.8) is 0 Å². The Bertz CT molecular complexity index is 1070. The van der Waals surface area contributed by atoms with Gasteiger partial charge in [-0.05, 0) is 70.3 Å². The molecule has 0 aromatic carbocycles. The Morgan fingerprint density at radius 1 is 0.569 bits per heavy atom. The summed E-state index contributed by atoms with van der Waals surface area (Å²) in [5, 5.41) is 0. The van der Waals surface area contributed by atoms with Gasteiger partial charge in [-0.15, -0.1) is 0 Å². The average molecular weight is 737 g/mol. The first-order chi connectivity index (χ1) is 24.7. The molecule has 0 unspecified atom stereocenters. The predicted molar refractivity (Wildman–Crippen MR) is 207 cm³/mol. The number of rotatable bonds is 35. The number of ether oxygens (including phenoxy) is 2. The Hall–Kier alpha value is -2.58. The third-order valence-corrected chi connectivity index (χ3v) is 8.47. The van der Waals surface area contributed by atoms with Crippen LogP contribution in [0.4, 0.5) is 0 Å². The quantitative estimate of drug-likeness (QED) is 0.0163. The van der Waals surface area contributed by atoms with Crippen LogP contribution in [-0.2, 0) is 32.9 Å². The monoisotopic (exact) mass is 736 g/mol. The van der Waals surface area contributed by atoms with Crippen LogP contribution in [0.2, 0.25) is 0 Å². The number of phosphoric ester groups is 1. The molecule has 0 saturated heterocycles. The first kappa shape index (κ1) is 48.4. The number of unbranched alkanes of at least 4 members (excludes halogenated alkanes) is 14. The first-order valence-corrected chi connectivity index (χ1v) is 21.1. The summed E-state index contributed by atoms with van der Waals surface area (Å²) in [4.78, 5) is 54.7. The molecular formula is C41H69O9P. The lowest BCUT2D eigenvalue weighted by Gasteiger charge is -2.18. The molecule has 10 heteroatoms. The highest BCUT2D eigenvalue weighted by atomic mass is 31.2. The summed E-state index contributed by atoms with van der Waals surface area (Å²) in [5.41, 5.74) is 0. The van der Waals surface area contributed by atoms with Crippen molar-refractivity contribution < 1.29 is 42.7 Å². The second kappa shape index (κ2) is 35.8. The zero-order valence-electron chi connectivity index (χ0n) is 31.7. The van der Waals surface area contributed by atoms with Gasteiger partial charge in [-0.1, -0.05) is 133 Å². The summed E-state index contributed by atoms with van der Waals surface area (Å²) in [6.45, 7) is 3.47. The molecule has 0 aromatic rings. The molecular weight excluding hydrogens is 667 g/mol. The van der Waals surface area contributed by atoms with Crippen molar-refractivity contribution in [2.45, 2.75) is 168 Å². The van der Waals surface area contributed by atoms with Gasteiger partial charge in [0.2, 0.25) is 0 Å². The van der Waals surface area contributed by atoms with Crippen molar-refractivity contribution in [1.82, 2.24) is 0 Å². The highest BCUT2D eigenvalue weighted by Crippen LogP contribution is 2.36. The van der Waals surface area contributed by atoms with Crippen molar-refractivity contribution in [2.24, 2.45) is 0 Å². The van der Waals surface area contributed by atoms with E-state index in [9.17, 15) is 18.9 Å². The number of carbonyl (C=O) groups excluding carboxylic acids is 3. The summed E-state index contributed by atoms with van der Waals surface area (Å²) < 4.78 is 26.2. The highest BCUT2D eigenvalue weighted by molar-refractivity contribution is 7.46. The third kappa shape index (κ3) is 38.5. The van der Waals surface area contributed by atoms with Crippen LogP contribution in [0.25, 0.3) is 0 Å². The van der Waals surface area contributed by atoms with Crippen LogP contribution in [-0.4, -0.2) is 46.8 Å². The number of allylic oxidation sites excluding steroid dienone is 10. The van der Waals surface area contributed by atoms with Crippen molar-refractivity contribution in [2.75, 3.05) is 13.2 Å². The molecule has 0 saturated carbocycles. The van der Waals surface area contributed by atoms with Crippen LogP contribution in [0.5, 0.6) is 0 Å². The van der Waals surface area contributed by atoms with E-state index >= 15 is 0 Å². The van der Waals surface area contributed by atoms with Gasteiger partial charge in [0, 0.05) is 19.3 Å². The molecule has 292 valence electrons. The second-order valence-electron chi connectivity index (χ2n) is 12.9. The molecule has 0 spiro atoms. The van der Waals surface area contributed by atoms with E-state index in [1.54, 1.807) is 12.2 Å². The normalized spacial score (nSPS) is 13.0. The van der Waals surface area contributed by atoms with E-state index < -0.39 is 32.5 Å². The molecule has 51 heavy (non-hydrogen) atoms. The molecule has 0 aromatic heterocycles. The van der Waals surface area contributed by atoms with Crippen LogP contribution >= 0.6 is 7.82 Å². The zero-order valence-corrected chi connectivity index (χ0v) is 32.6. The molecule has 0 heterocycles. The fourth-order valence-electron chi connectivity index (χ4n) is 5.02. The number of hydrogen-bond acceptors (Lipinski definition) is 7. The molecule has 9 nitrogen and oxygen atoms in total. The molecule has 0 fully saturated rings. The number of esters is 2. The van der Waals surface area contributed by atoms with Crippen molar-refractivity contribution in [3.8, 4) is 0 Å². The fourth-order valence-corrected chi connectivity index (χ4v) is 5.38. The van der Waals surface area contributed by atoms with Crippen LogP contribution in [0, 0.1) is 0 Å². The van der Waals surface area contributed by atoms with Gasteiger partial charge in [0.1, 0.15) is 6.61 Å². The van der Waals surface area contributed by atoms with E-state index in [1.807, 2.05) is 18.2 Å². The van der Waals surface area contributed by atoms with Gasteiger partial charge in [-0.2, -0.15) is 0 Å². The lowest BCUT2D eigenvalue weighted by molar-refractivity contribution is -0.161. The molecule has 2 N–H and O–H groups in total. The molecule has 0 aliphatic heterocycles. The maximum atomic E-state index is 12.4. The van der Waals surface area contributed by atoms with E-state index in [4.69, 9.17) is 19.3 Å². The number of ketones is 1. The average Bonchev–Trinajstić information content (AvgIpc) is 3.09. The summed E-state index contributed by atoms with van der Waals surface area (Å²) in [6, 6.07) is 0. The van der Waals surface area contributed by atoms with Crippen LogP contribution in [0.15, 0.2) is 60.8 Å². The minimum absolute atomic E-state index is 0.113. The minimum atomic E-state index is -4.79. The smallest absolute Gasteiger partial charge is 0.462 e. The van der Waals surface area contributed by atoms with Gasteiger partial charge < -0.3 is 19.3 Å². The molecule has 0 bridgehead atoms. The van der Waals surface area contributed by atoms with Crippen LogP contribution < -0.4 is 0 Å². The molecule has 1 atom stereocenters. The van der Waals surface area contributed by atoms with Gasteiger partial charge in [-0.25, -0.2) is 4.57 Å². The summed E-state index contributed by atoms with van der Waals surface area (Å²) >= 11 is 0. The van der Waals surface area contributed by atoms with Gasteiger partial charge in [-0.3, -0.25) is 18.9 Å². The summed E-state index contributed by atoms with van der Waals surface area (Å²) in [6.07, 6.45) is 40.5. The first-order valence-electron chi connectivity index (χ1n) is 19.5. The van der Waals surface area contributed by atoms with E-state index in [0.29, 0.717) is 25.7 Å². The zero-order chi connectivity index (χ0) is 37.7. The predicted octanol–water partition coefficient (Wildman–Crippen LogP) is 10.9. The van der Waals surface area contributed by atoms with E-state index in [2.05, 4.69) is 48.8 Å². The molecule has 0 aliphatic rings. The maximum absolute atomic E-state index is 12.4. The highest BCUT2D eigenvalue weighted by Gasteiger charge is 2.22. The molecule has 0 amide bonds. The van der Waals surface area contributed by atoms with Crippen molar-refractivity contribution >= 4 is 25.5 Å². The maximum Gasteiger partial charge on any atom is 0.469 e. The minimum Gasteiger partial charge on any atom is -0.462 e. The SMILES string of the molecule is CCCCC/C=C\C=C\C(=O)CCCCCCCC(=O)OC[C@H](COP(=O)(O)O)OC(=O)CCC/C=C\C/C=C\C/C=C\CCCCCCCC. The Balaban J connectivity index is 4.14. The number of hydrogen-bond donors (Lipinski definition) is 2. The van der Waals surface area contributed by atoms with Gasteiger partial charge >= 0.3 is 19.8 Å². The summed E-state index contributed by atoms with van der Waals surface area (Å²) in [5.74, 6) is -0.930. The summed E-state index contributed by atoms with van der Waals surface area (Å²) in [7, 11) is -4.79. The second-order valence-corrected chi connectivity index (χ2v) is 14.2. The van der Waals surface area contributed by atoms with Gasteiger partial charge in [0.05, 0.1) is 6.61 Å².